The average Bonchev–Trinajstić information content (AvgIpc) is 0.878. The fraction of sp³-hybridized carbons (Fsp3) is 0.263. The van der Waals surface area contributed by atoms with Gasteiger partial charge in [-0.2, -0.15) is 0 Å². The minimum Gasteiger partial charge on any atom is -0.459 e. The van der Waals surface area contributed by atoms with E-state index in [-0.39, 0.29) is 70.6 Å². The van der Waals surface area contributed by atoms with Gasteiger partial charge in [0.05, 0.1) is 57.4 Å². The molecule has 2 heterocycles. The van der Waals surface area contributed by atoms with Crippen LogP contribution in [0.5, 0.6) is 0 Å². The lowest BCUT2D eigenvalue weighted by Gasteiger charge is -2.50. The molecule has 0 aromatic heterocycles. The number of benzene rings is 9. The molecule has 0 amide bonds. The van der Waals surface area contributed by atoms with E-state index in [0.717, 1.165) is 50.1 Å². The monoisotopic (exact) mass is 1210 g/mol. The Morgan fingerprint density at radius 1 is 0.311 bits per heavy atom. The molecular weight excluding hydrogens is 1140 g/mol. The highest BCUT2D eigenvalue weighted by Gasteiger charge is 2.55. The van der Waals surface area contributed by atoms with Crippen LogP contribution < -0.4 is 0 Å². The van der Waals surface area contributed by atoms with Crippen molar-refractivity contribution in [2.45, 2.75) is 108 Å². The average molecular weight is 1210 g/mol. The summed E-state index contributed by atoms with van der Waals surface area (Å²) in [5.74, 6) is -1.49. The fourth-order valence-corrected chi connectivity index (χ4v) is 11.0. The highest BCUT2D eigenvalue weighted by molar-refractivity contribution is 6.03. The molecule has 0 bridgehead atoms. The SMILES string of the molecule is CO[C@H]1O[C@H](COCc2ccccc2)[C@@H](O[C@H]2O[C@H](COC(=O)c3ccccc3C(=O)OCc3ccc(-c4ccccc4)cc3)[C@@H](OCc3ccccc3)[C@H](OCc3ccccc3)[C@H]2OCc2ccccc2)[C@H](OCc2ccccc2)[C@H]1OCc1ccccc1. The molecule has 0 spiro atoms. The molecule has 0 saturated carbocycles. The van der Waals surface area contributed by atoms with E-state index in [0.29, 0.717) is 0 Å². The van der Waals surface area contributed by atoms with Crippen LogP contribution in [0.2, 0.25) is 0 Å². The third-order valence-electron chi connectivity index (χ3n) is 15.7. The lowest BCUT2D eigenvalue weighted by atomic mass is 9.95. The van der Waals surface area contributed by atoms with Crippen LogP contribution in [0.3, 0.4) is 0 Å². The number of carbonyl (C=O) groups is 2. The first-order valence-electron chi connectivity index (χ1n) is 30.4. The van der Waals surface area contributed by atoms with Crippen molar-refractivity contribution in [2.24, 2.45) is 0 Å². The van der Waals surface area contributed by atoms with Gasteiger partial charge in [0.25, 0.3) is 0 Å². The number of hydrogen-bond acceptors (Lipinski definition) is 14. The molecule has 0 aliphatic carbocycles. The van der Waals surface area contributed by atoms with Crippen molar-refractivity contribution in [1.29, 1.82) is 0 Å². The van der Waals surface area contributed by atoms with Gasteiger partial charge < -0.3 is 56.8 Å². The van der Waals surface area contributed by atoms with E-state index < -0.39 is 73.4 Å². The zero-order chi connectivity index (χ0) is 61.5. The smallest absolute Gasteiger partial charge is 0.339 e. The van der Waals surface area contributed by atoms with Crippen LogP contribution in [0.15, 0.2) is 261 Å². The van der Waals surface area contributed by atoms with Gasteiger partial charge in [-0.25, -0.2) is 9.59 Å². The standard InChI is InChI=1S/C76H74O14/c1-79-75-71(84-49-58-33-17-6-18-34-58)70(83-48-57-31-15-5-16-32-57)68(65(88-75)52-80-45-54-25-9-2-10-26-54)90-76-72(85-50-59-35-19-7-20-36-59)69(82-47-56-29-13-4-14-30-56)67(81-46-55-27-11-3-12-28-55)66(89-76)53-87-74(78)64-40-24-23-39-63(64)73(77)86-51-60-41-43-62(44-42-60)61-37-21-8-22-38-61/h2-44,65-72,75-76H,45-53H2,1H3/t65-,66-,67-,68-,69+,70+,71-,72-,75+,76-/m1/s1. The molecule has 0 unspecified atom stereocenters. The number of methoxy groups -OCH3 is 1. The van der Waals surface area contributed by atoms with Gasteiger partial charge in [-0.3, -0.25) is 0 Å². The van der Waals surface area contributed by atoms with E-state index in [2.05, 4.69) is 0 Å². The summed E-state index contributed by atoms with van der Waals surface area (Å²) in [6.07, 6.45) is -10.0. The third kappa shape index (κ3) is 17.5. The Morgan fingerprint density at radius 2 is 0.644 bits per heavy atom. The summed E-state index contributed by atoms with van der Waals surface area (Å²) in [5.41, 5.74) is 8.34. The summed E-state index contributed by atoms with van der Waals surface area (Å²) >= 11 is 0. The number of rotatable bonds is 29. The Morgan fingerprint density at radius 3 is 1.10 bits per heavy atom. The minimum atomic E-state index is -1.32. The number of hydrogen-bond donors (Lipinski definition) is 0. The van der Waals surface area contributed by atoms with Crippen LogP contribution in [0, 0.1) is 0 Å². The van der Waals surface area contributed by atoms with Crippen molar-refractivity contribution in [3.05, 3.63) is 311 Å². The highest BCUT2D eigenvalue weighted by Crippen LogP contribution is 2.37. The lowest BCUT2D eigenvalue weighted by Crippen LogP contribution is -2.66. The molecule has 14 nitrogen and oxygen atoms in total. The van der Waals surface area contributed by atoms with Crippen LogP contribution in [-0.4, -0.2) is 93.7 Å². The van der Waals surface area contributed by atoms with Gasteiger partial charge >= 0.3 is 11.9 Å². The molecule has 11 rings (SSSR count). The summed E-state index contributed by atoms with van der Waals surface area (Å²) in [5, 5.41) is 0. The fourth-order valence-electron chi connectivity index (χ4n) is 11.0. The lowest BCUT2D eigenvalue weighted by molar-refractivity contribution is -0.375. The maximum atomic E-state index is 14.7. The summed E-state index contributed by atoms with van der Waals surface area (Å²) in [4.78, 5) is 28.7. The minimum absolute atomic E-state index is 0.00131. The quantitative estimate of drug-likeness (QED) is 0.0410. The van der Waals surface area contributed by atoms with Gasteiger partial charge in [0, 0.05) is 7.11 Å². The van der Waals surface area contributed by atoms with Crippen LogP contribution in [0.1, 0.15) is 59.7 Å². The Bertz CT molecular complexity index is 3550. The first-order chi connectivity index (χ1) is 44.4. The van der Waals surface area contributed by atoms with Crippen LogP contribution in [0.25, 0.3) is 11.1 Å². The van der Waals surface area contributed by atoms with E-state index in [1.807, 2.05) is 237 Å². The maximum Gasteiger partial charge on any atom is 0.339 e. The summed E-state index contributed by atoms with van der Waals surface area (Å²) in [6, 6.07) is 83.1. The predicted molar refractivity (Wildman–Crippen MR) is 338 cm³/mol. The second kappa shape index (κ2) is 32.8. The van der Waals surface area contributed by atoms with E-state index >= 15 is 0 Å². The van der Waals surface area contributed by atoms with Crippen LogP contribution in [-0.2, 0) is 103 Å². The zero-order valence-corrected chi connectivity index (χ0v) is 50.2. The van der Waals surface area contributed by atoms with E-state index in [1.54, 1.807) is 25.3 Å². The molecule has 10 atom stereocenters. The van der Waals surface area contributed by atoms with Gasteiger partial charge in [0.2, 0.25) is 0 Å². The maximum absolute atomic E-state index is 14.7. The van der Waals surface area contributed by atoms with Crippen molar-refractivity contribution >= 4 is 11.9 Å². The van der Waals surface area contributed by atoms with E-state index in [1.165, 1.54) is 6.07 Å². The van der Waals surface area contributed by atoms with Crippen molar-refractivity contribution in [1.82, 2.24) is 0 Å². The largest absolute Gasteiger partial charge is 0.459 e. The van der Waals surface area contributed by atoms with Gasteiger partial charge in [0.1, 0.15) is 62.0 Å². The third-order valence-corrected chi connectivity index (χ3v) is 15.7. The number of esters is 2. The normalized spacial score (nSPS) is 21.5. The van der Waals surface area contributed by atoms with Crippen molar-refractivity contribution in [3.8, 4) is 11.1 Å². The molecule has 0 radical (unpaired) electrons. The Kier molecular flexibility index (Phi) is 23.0. The molecule has 0 N–H and O–H groups in total. The van der Waals surface area contributed by atoms with E-state index in [4.69, 9.17) is 56.8 Å². The topological polar surface area (TPSA) is 145 Å². The van der Waals surface area contributed by atoms with Crippen molar-refractivity contribution in [3.63, 3.8) is 0 Å². The molecule has 462 valence electrons. The van der Waals surface area contributed by atoms with Gasteiger partial charge in [-0.1, -0.05) is 249 Å². The van der Waals surface area contributed by atoms with Gasteiger partial charge in [-0.05, 0) is 62.2 Å². The predicted octanol–water partition coefficient (Wildman–Crippen LogP) is 13.5. The Hall–Kier alpha value is -8.48. The van der Waals surface area contributed by atoms with Crippen LogP contribution >= 0.6 is 0 Å². The molecule has 2 aliphatic heterocycles. The molecule has 9 aromatic carbocycles. The summed E-state index contributed by atoms with van der Waals surface area (Å²) < 4.78 is 81.7. The van der Waals surface area contributed by atoms with Crippen molar-refractivity contribution in [2.75, 3.05) is 20.3 Å². The molecule has 2 saturated heterocycles. The second-order valence-electron chi connectivity index (χ2n) is 22.0. The summed E-state index contributed by atoms with van der Waals surface area (Å²) in [6.45, 7) is 0.602. The number of carbonyl (C=O) groups excluding carboxylic acids is 2. The van der Waals surface area contributed by atoms with E-state index in [9.17, 15) is 9.59 Å². The second-order valence-corrected chi connectivity index (χ2v) is 22.0. The zero-order valence-electron chi connectivity index (χ0n) is 50.2. The molecular formula is C76H74O14. The molecule has 2 aliphatic rings. The van der Waals surface area contributed by atoms with Gasteiger partial charge in [-0.15, -0.1) is 0 Å². The molecule has 2 fully saturated rings. The van der Waals surface area contributed by atoms with Crippen molar-refractivity contribution < 1.29 is 66.4 Å². The molecule has 14 heteroatoms. The Labute approximate surface area is 526 Å². The molecule has 9 aromatic rings. The number of ether oxygens (including phenoxy) is 12. The van der Waals surface area contributed by atoms with Gasteiger partial charge in [0.15, 0.2) is 12.6 Å². The Balaban J connectivity index is 0.946. The first-order valence-corrected chi connectivity index (χ1v) is 30.4. The van der Waals surface area contributed by atoms with Crippen LogP contribution in [0.4, 0.5) is 0 Å². The molecule has 90 heavy (non-hydrogen) atoms. The summed E-state index contributed by atoms with van der Waals surface area (Å²) in [7, 11) is 1.57. The first kappa shape index (κ1) is 63.1. The highest BCUT2D eigenvalue weighted by atomic mass is 16.8.